The number of hydrogen-bond acceptors (Lipinski definition) is 9. The largest absolute Gasteiger partial charge is 0.457 e. The number of carbonyl (C=O) groups excluding carboxylic acids is 1. The number of anilines is 2. The topological polar surface area (TPSA) is 152 Å². The SMILES string of the molecule is Nc1nc(N)nc(COC(=O)CCn2c(=O)oc3cc(Cl)ccc32)n1. The van der Waals surface area contributed by atoms with Crippen LogP contribution in [0.3, 0.4) is 0 Å². The molecule has 0 saturated heterocycles. The van der Waals surface area contributed by atoms with Gasteiger partial charge >= 0.3 is 11.7 Å². The van der Waals surface area contributed by atoms with Gasteiger partial charge in [-0.3, -0.25) is 9.36 Å². The second kappa shape index (κ2) is 6.77. The molecule has 0 radical (unpaired) electrons. The van der Waals surface area contributed by atoms with E-state index < -0.39 is 11.7 Å². The van der Waals surface area contributed by atoms with Gasteiger partial charge in [0.1, 0.15) is 0 Å². The van der Waals surface area contributed by atoms with Crippen LogP contribution in [0.5, 0.6) is 0 Å². The van der Waals surface area contributed by atoms with Gasteiger partial charge in [0.25, 0.3) is 0 Å². The first-order chi connectivity index (χ1) is 11.9. The standard InChI is InChI=1S/C14H13ClN6O4/c15-7-1-2-8-9(5-7)25-14(23)21(8)4-3-11(22)24-6-10-18-12(16)20-13(17)19-10/h1-2,5H,3-4,6H2,(H4,16,17,18,19,20). The summed E-state index contributed by atoms with van der Waals surface area (Å²) in [5.41, 5.74) is 11.7. The summed E-state index contributed by atoms with van der Waals surface area (Å²) < 4.78 is 11.4. The van der Waals surface area contributed by atoms with Crippen LogP contribution < -0.4 is 17.2 Å². The summed E-state index contributed by atoms with van der Waals surface area (Å²) >= 11 is 5.85. The van der Waals surface area contributed by atoms with Gasteiger partial charge in [-0.15, -0.1) is 0 Å². The molecule has 4 N–H and O–H groups in total. The fourth-order valence-electron chi connectivity index (χ4n) is 2.19. The van der Waals surface area contributed by atoms with Crippen molar-refractivity contribution in [2.75, 3.05) is 11.5 Å². The molecule has 3 aromatic rings. The van der Waals surface area contributed by atoms with Gasteiger partial charge in [0, 0.05) is 17.6 Å². The zero-order chi connectivity index (χ0) is 18.0. The van der Waals surface area contributed by atoms with Gasteiger partial charge in [-0.05, 0) is 12.1 Å². The van der Waals surface area contributed by atoms with Crippen LogP contribution in [0.4, 0.5) is 11.9 Å². The van der Waals surface area contributed by atoms with Gasteiger partial charge in [0.2, 0.25) is 11.9 Å². The first-order valence-corrected chi connectivity index (χ1v) is 7.50. The second-order valence-corrected chi connectivity index (χ2v) is 5.45. The Morgan fingerprint density at radius 2 is 1.96 bits per heavy atom. The number of halogens is 1. The van der Waals surface area contributed by atoms with Crippen LogP contribution >= 0.6 is 11.6 Å². The fraction of sp³-hybridized carbons (Fsp3) is 0.214. The molecule has 3 rings (SSSR count). The molecule has 0 bridgehead atoms. The lowest BCUT2D eigenvalue weighted by Crippen LogP contribution is -2.18. The summed E-state index contributed by atoms with van der Waals surface area (Å²) in [6, 6.07) is 4.80. The summed E-state index contributed by atoms with van der Waals surface area (Å²) in [7, 11) is 0. The summed E-state index contributed by atoms with van der Waals surface area (Å²) in [4.78, 5) is 34.9. The average Bonchev–Trinajstić information content (AvgIpc) is 2.84. The number of ether oxygens (including phenoxy) is 1. The first kappa shape index (κ1) is 16.7. The molecule has 10 nitrogen and oxygen atoms in total. The third-order valence-corrected chi connectivity index (χ3v) is 3.48. The van der Waals surface area contributed by atoms with Crippen LogP contribution in [-0.2, 0) is 22.7 Å². The third kappa shape index (κ3) is 3.86. The molecule has 130 valence electrons. The van der Waals surface area contributed by atoms with E-state index in [4.69, 9.17) is 32.2 Å². The van der Waals surface area contributed by atoms with Crippen molar-refractivity contribution >= 4 is 40.6 Å². The molecule has 1 aromatic carbocycles. The van der Waals surface area contributed by atoms with E-state index in [9.17, 15) is 9.59 Å². The van der Waals surface area contributed by atoms with Crippen LogP contribution in [0.15, 0.2) is 27.4 Å². The number of aromatic nitrogens is 4. The Morgan fingerprint density at radius 3 is 2.68 bits per heavy atom. The van der Waals surface area contributed by atoms with E-state index in [-0.39, 0.29) is 37.3 Å². The maximum absolute atomic E-state index is 11.9. The lowest BCUT2D eigenvalue weighted by molar-refractivity contribution is -0.145. The predicted molar refractivity (Wildman–Crippen MR) is 88.5 cm³/mol. The minimum atomic E-state index is -0.580. The maximum Gasteiger partial charge on any atom is 0.419 e. The molecule has 2 aromatic heterocycles. The van der Waals surface area contributed by atoms with E-state index in [0.717, 1.165) is 0 Å². The number of fused-ring (bicyclic) bond motifs is 1. The molecule has 0 aliphatic heterocycles. The Hall–Kier alpha value is -3.14. The Balaban J connectivity index is 1.63. The molecular weight excluding hydrogens is 352 g/mol. The molecule has 11 heteroatoms. The zero-order valence-electron chi connectivity index (χ0n) is 12.8. The van der Waals surface area contributed by atoms with Crippen molar-refractivity contribution in [3.05, 3.63) is 39.6 Å². The molecule has 0 unspecified atom stereocenters. The maximum atomic E-state index is 11.9. The molecule has 25 heavy (non-hydrogen) atoms. The van der Waals surface area contributed by atoms with E-state index in [1.165, 1.54) is 10.6 Å². The second-order valence-electron chi connectivity index (χ2n) is 5.01. The molecule has 0 fully saturated rings. The number of carbonyl (C=O) groups is 1. The summed E-state index contributed by atoms with van der Waals surface area (Å²) in [6.45, 7) is -0.111. The number of nitrogens with zero attached hydrogens (tertiary/aromatic N) is 4. The van der Waals surface area contributed by atoms with Crippen LogP contribution in [0.2, 0.25) is 5.02 Å². The van der Waals surface area contributed by atoms with Crippen molar-refractivity contribution in [3.8, 4) is 0 Å². The molecule has 0 aliphatic carbocycles. The van der Waals surface area contributed by atoms with E-state index in [0.29, 0.717) is 16.1 Å². The van der Waals surface area contributed by atoms with Crippen LogP contribution in [-0.4, -0.2) is 25.5 Å². The van der Waals surface area contributed by atoms with E-state index in [1.807, 2.05) is 0 Å². The van der Waals surface area contributed by atoms with Crippen molar-refractivity contribution in [1.29, 1.82) is 0 Å². The van der Waals surface area contributed by atoms with Gasteiger partial charge in [0.15, 0.2) is 18.0 Å². The average molecular weight is 365 g/mol. The van der Waals surface area contributed by atoms with Crippen LogP contribution in [0, 0.1) is 0 Å². The number of benzene rings is 1. The van der Waals surface area contributed by atoms with Gasteiger partial charge < -0.3 is 20.6 Å². The quantitative estimate of drug-likeness (QED) is 0.623. The van der Waals surface area contributed by atoms with Crippen LogP contribution in [0.25, 0.3) is 11.1 Å². The van der Waals surface area contributed by atoms with Gasteiger partial charge in [0.05, 0.1) is 11.9 Å². The minimum absolute atomic E-state index is 0.0484. The number of nitrogen functional groups attached to an aromatic ring is 2. The molecule has 0 atom stereocenters. The lowest BCUT2D eigenvalue weighted by atomic mass is 10.3. The van der Waals surface area contributed by atoms with E-state index in [1.54, 1.807) is 12.1 Å². The van der Waals surface area contributed by atoms with E-state index in [2.05, 4.69) is 15.0 Å². The highest BCUT2D eigenvalue weighted by molar-refractivity contribution is 6.31. The first-order valence-electron chi connectivity index (χ1n) is 7.13. The van der Waals surface area contributed by atoms with Gasteiger partial charge in [-0.1, -0.05) is 11.6 Å². The zero-order valence-corrected chi connectivity index (χ0v) is 13.6. The highest BCUT2D eigenvalue weighted by Gasteiger charge is 2.13. The van der Waals surface area contributed by atoms with Crippen molar-refractivity contribution in [2.24, 2.45) is 0 Å². The van der Waals surface area contributed by atoms with Crippen molar-refractivity contribution < 1.29 is 13.9 Å². The molecular formula is C14H13ClN6O4. The van der Waals surface area contributed by atoms with E-state index >= 15 is 0 Å². The number of aryl methyl sites for hydroxylation is 1. The number of rotatable bonds is 5. The summed E-state index contributed by atoms with van der Waals surface area (Å²) in [5.74, 6) is -1.11. The fourth-order valence-corrected chi connectivity index (χ4v) is 2.36. The Bertz CT molecular complexity index is 978. The predicted octanol–water partition coefficient (Wildman–Crippen LogP) is 0.731. The number of oxazole rings is 1. The third-order valence-electron chi connectivity index (χ3n) is 3.25. The molecule has 2 heterocycles. The number of nitrogens with two attached hydrogens (primary N) is 2. The summed E-state index contributed by atoms with van der Waals surface area (Å²) in [6.07, 6.45) is -0.0484. The summed E-state index contributed by atoms with van der Waals surface area (Å²) in [5, 5.41) is 0.448. The van der Waals surface area contributed by atoms with Crippen molar-refractivity contribution in [2.45, 2.75) is 19.6 Å². The number of hydrogen-bond donors (Lipinski definition) is 2. The molecule has 0 amide bonds. The van der Waals surface area contributed by atoms with Crippen LogP contribution in [0.1, 0.15) is 12.2 Å². The smallest absolute Gasteiger partial charge is 0.419 e. The Kier molecular flexibility index (Phi) is 4.52. The Morgan fingerprint density at radius 1 is 1.24 bits per heavy atom. The highest BCUT2D eigenvalue weighted by Crippen LogP contribution is 2.18. The minimum Gasteiger partial charge on any atom is -0.457 e. The monoisotopic (exact) mass is 364 g/mol. The lowest BCUT2D eigenvalue weighted by Gasteiger charge is -2.05. The molecule has 0 aliphatic rings. The van der Waals surface area contributed by atoms with Gasteiger partial charge in [-0.25, -0.2) is 4.79 Å². The Labute approximate surface area is 145 Å². The number of esters is 1. The molecule has 0 saturated carbocycles. The van der Waals surface area contributed by atoms with Gasteiger partial charge in [-0.2, -0.15) is 15.0 Å². The van der Waals surface area contributed by atoms with Crippen molar-refractivity contribution in [1.82, 2.24) is 19.5 Å². The molecule has 0 spiro atoms. The van der Waals surface area contributed by atoms with Crippen molar-refractivity contribution in [3.63, 3.8) is 0 Å². The normalized spacial score (nSPS) is 10.9. The highest BCUT2D eigenvalue weighted by atomic mass is 35.5.